The van der Waals surface area contributed by atoms with Crippen molar-refractivity contribution in [3.63, 3.8) is 0 Å². The molecule has 2 rings (SSSR count). The molecule has 1 fully saturated rings. The van der Waals surface area contributed by atoms with E-state index in [2.05, 4.69) is 11.4 Å². The van der Waals surface area contributed by atoms with Gasteiger partial charge in [0.1, 0.15) is 5.54 Å². The predicted molar refractivity (Wildman–Crippen MR) is 91.3 cm³/mol. The molecule has 3 nitrogen and oxygen atoms in total. The summed E-state index contributed by atoms with van der Waals surface area (Å²) in [5.41, 5.74) is -1.78. The number of alkyl halides is 3. The summed E-state index contributed by atoms with van der Waals surface area (Å²) in [6.45, 7) is 1.61. The molecule has 0 spiro atoms. The number of thioether (sulfide) groups is 1. The minimum atomic E-state index is -4.55. The van der Waals surface area contributed by atoms with Crippen LogP contribution in [0.15, 0.2) is 23.1 Å². The first-order valence-corrected chi connectivity index (χ1v) is 9.19. The monoisotopic (exact) mass is 390 g/mol. The third-order valence-corrected chi connectivity index (χ3v) is 5.63. The average molecular weight is 391 g/mol. The highest BCUT2D eigenvalue weighted by Gasteiger charge is 2.36. The van der Waals surface area contributed by atoms with E-state index >= 15 is 0 Å². The van der Waals surface area contributed by atoms with Gasteiger partial charge in [0.2, 0.25) is 5.91 Å². The fourth-order valence-corrected chi connectivity index (χ4v) is 3.94. The molecule has 0 unspecified atom stereocenters. The summed E-state index contributed by atoms with van der Waals surface area (Å²) in [6.07, 6.45) is -0.554. The normalized spacial score (nSPS) is 18.2. The summed E-state index contributed by atoms with van der Waals surface area (Å²) >= 11 is 6.61. The van der Waals surface area contributed by atoms with Crippen molar-refractivity contribution in [1.29, 1.82) is 5.26 Å². The van der Waals surface area contributed by atoms with Gasteiger partial charge < -0.3 is 5.32 Å². The van der Waals surface area contributed by atoms with Gasteiger partial charge in [-0.2, -0.15) is 18.4 Å². The lowest BCUT2D eigenvalue weighted by Crippen LogP contribution is -2.50. The highest BCUT2D eigenvalue weighted by molar-refractivity contribution is 8.00. The van der Waals surface area contributed by atoms with Crippen molar-refractivity contribution in [1.82, 2.24) is 5.32 Å². The van der Waals surface area contributed by atoms with Gasteiger partial charge in [-0.3, -0.25) is 4.79 Å². The minimum Gasteiger partial charge on any atom is -0.337 e. The number of nitriles is 1. The molecule has 0 aromatic heterocycles. The van der Waals surface area contributed by atoms with Crippen LogP contribution in [0.2, 0.25) is 5.02 Å². The molecule has 1 aromatic carbocycles. The summed E-state index contributed by atoms with van der Waals surface area (Å²) in [4.78, 5) is 12.7. The summed E-state index contributed by atoms with van der Waals surface area (Å²) in [7, 11) is 0. The lowest BCUT2D eigenvalue weighted by atomic mass is 9.83. The zero-order valence-electron chi connectivity index (χ0n) is 13.6. The SMILES string of the molecule is C[C@@H](Sc1ccc(Cl)c(C(F)(F)F)c1)C(=O)NC1(C#N)CCCCC1. The molecule has 1 amide bonds. The molecule has 1 aliphatic rings. The first kappa shape index (κ1) is 19.9. The summed E-state index contributed by atoms with van der Waals surface area (Å²) in [5.74, 6) is -0.350. The fraction of sp³-hybridized carbons (Fsp3) is 0.529. The molecular formula is C17H18ClF3N2OS. The molecule has 25 heavy (non-hydrogen) atoms. The third kappa shape index (κ3) is 5.05. The third-order valence-electron chi connectivity index (χ3n) is 4.21. The molecule has 8 heteroatoms. The van der Waals surface area contributed by atoms with Crippen LogP contribution in [0, 0.1) is 11.3 Å². The largest absolute Gasteiger partial charge is 0.417 e. The van der Waals surface area contributed by atoms with E-state index in [0.29, 0.717) is 17.7 Å². The number of benzene rings is 1. The van der Waals surface area contributed by atoms with Gasteiger partial charge in [-0.05, 0) is 38.0 Å². The van der Waals surface area contributed by atoms with E-state index in [1.54, 1.807) is 6.92 Å². The zero-order valence-corrected chi connectivity index (χ0v) is 15.2. The fourth-order valence-electron chi connectivity index (χ4n) is 2.81. The topological polar surface area (TPSA) is 52.9 Å². The summed E-state index contributed by atoms with van der Waals surface area (Å²) in [5, 5.41) is 11.2. The lowest BCUT2D eigenvalue weighted by Gasteiger charge is -2.32. The van der Waals surface area contributed by atoms with Gasteiger partial charge in [-0.25, -0.2) is 0 Å². The summed E-state index contributed by atoms with van der Waals surface area (Å²) < 4.78 is 38.8. The van der Waals surface area contributed by atoms with Crippen molar-refractivity contribution >= 4 is 29.3 Å². The molecule has 1 aromatic rings. The molecule has 0 saturated heterocycles. The molecule has 1 atom stereocenters. The van der Waals surface area contributed by atoms with Gasteiger partial charge in [0, 0.05) is 4.90 Å². The highest BCUT2D eigenvalue weighted by atomic mass is 35.5. The molecule has 0 aliphatic heterocycles. The van der Waals surface area contributed by atoms with Crippen molar-refractivity contribution in [2.24, 2.45) is 0 Å². The number of nitrogens with zero attached hydrogens (tertiary/aromatic N) is 1. The number of rotatable bonds is 4. The van der Waals surface area contributed by atoms with Crippen LogP contribution < -0.4 is 5.32 Å². The van der Waals surface area contributed by atoms with Crippen molar-refractivity contribution in [3.05, 3.63) is 28.8 Å². The smallest absolute Gasteiger partial charge is 0.337 e. The molecular weight excluding hydrogens is 373 g/mol. The van der Waals surface area contributed by atoms with E-state index in [4.69, 9.17) is 11.6 Å². The number of nitrogens with one attached hydrogen (secondary N) is 1. The van der Waals surface area contributed by atoms with Crippen molar-refractivity contribution in [2.45, 2.75) is 60.9 Å². The Hall–Kier alpha value is -1.39. The van der Waals surface area contributed by atoms with Crippen LogP contribution in [0.3, 0.4) is 0 Å². The average Bonchev–Trinajstić information content (AvgIpc) is 2.56. The van der Waals surface area contributed by atoms with Crippen LogP contribution in [0.25, 0.3) is 0 Å². The molecule has 1 N–H and O–H groups in total. The van der Waals surface area contributed by atoms with Gasteiger partial charge in [0.25, 0.3) is 0 Å². The molecule has 136 valence electrons. The maximum atomic E-state index is 12.9. The maximum absolute atomic E-state index is 12.9. The Labute approximate surface area is 153 Å². The number of carbonyl (C=O) groups is 1. The zero-order chi connectivity index (χ0) is 18.7. The summed E-state index contributed by atoms with van der Waals surface area (Å²) in [6, 6.07) is 5.76. The van der Waals surface area contributed by atoms with Crippen LogP contribution in [-0.4, -0.2) is 16.7 Å². The van der Waals surface area contributed by atoms with Gasteiger partial charge in [-0.1, -0.05) is 30.9 Å². The Kier molecular flexibility index (Phi) is 6.28. The predicted octanol–water partition coefficient (Wildman–Crippen LogP) is 5.18. The molecule has 0 radical (unpaired) electrons. The standard InChI is InChI=1S/C17H18ClF3N2OS/c1-11(15(24)23-16(10-22)7-3-2-4-8-16)25-12-5-6-14(18)13(9-12)17(19,20)21/h5-6,9,11H,2-4,7-8H2,1H3,(H,23,24)/t11-/m1/s1. The number of halogens is 4. The minimum absolute atomic E-state index is 0.300. The quantitative estimate of drug-likeness (QED) is 0.720. The van der Waals surface area contributed by atoms with Gasteiger partial charge in [0.05, 0.1) is 21.9 Å². The molecule has 1 saturated carbocycles. The second kappa shape index (κ2) is 7.88. The van der Waals surface area contributed by atoms with Crippen LogP contribution >= 0.6 is 23.4 Å². The Balaban J connectivity index is 2.08. The Morgan fingerprint density at radius 1 is 1.36 bits per heavy atom. The number of amides is 1. The lowest BCUT2D eigenvalue weighted by molar-refractivity contribution is -0.137. The Morgan fingerprint density at radius 3 is 2.56 bits per heavy atom. The molecule has 1 aliphatic carbocycles. The van der Waals surface area contributed by atoms with E-state index in [0.717, 1.165) is 37.1 Å². The second-order valence-electron chi connectivity index (χ2n) is 6.14. The van der Waals surface area contributed by atoms with E-state index in [1.165, 1.54) is 12.1 Å². The van der Waals surface area contributed by atoms with Gasteiger partial charge in [-0.15, -0.1) is 11.8 Å². The van der Waals surface area contributed by atoms with Gasteiger partial charge >= 0.3 is 6.18 Å². The second-order valence-corrected chi connectivity index (χ2v) is 7.96. The number of hydrogen-bond donors (Lipinski definition) is 1. The Morgan fingerprint density at radius 2 is 2.00 bits per heavy atom. The first-order chi connectivity index (χ1) is 11.7. The van der Waals surface area contributed by atoms with E-state index in [9.17, 15) is 23.2 Å². The van der Waals surface area contributed by atoms with E-state index in [1.807, 2.05) is 0 Å². The van der Waals surface area contributed by atoms with Crippen LogP contribution in [0.4, 0.5) is 13.2 Å². The van der Waals surface area contributed by atoms with Crippen molar-refractivity contribution in [2.75, 3.05) is 0 Å². The Bertz CT molecular complexity index is 681. The van der Waals surface area contributed by atoms with Gasteiger partial charge in [0.15, 0.2) is 0 Å². The van der Waals surface area contributed by atoms with Crippen LogP contribution in [0.5, 0.6) is 0 Å². The number of carbonyl (C=O) groups excluding carboxylic acids is 1. The van der Waals surface area contributed by atoms with Crippen LogP contribution in [0.1, 0.15) is 44.6 Å². The first-order valence-electron chi connectivity index (χ1n) is 7.93. The number of hydrogen-bond acceptors (Lipinski definition) is 3. The van der Waals surface area contributed by atoms with Crippen LogP contribution in [-0.2, 0) is 11.0 Å². The molecule has 0 heterocycles. The highest BCUT2D eigenvalue weighted by Crippen LogP contribution is 2.38. The molecule has 0 bridgehead atoms. The van der Waals surface area contributed by atoms with Crippen molar-refractivity contribution in [3.8, 4) is 6.07 Å². The maximum Gasteiger partial charge on any atom is 0.417 e. The van der Waals surface area contributed by atoms with E-state index < -0.39 is 22.5 Å². The van der Waals surface area contributed by atoms with Crippen molar-refractivity contribution < 1.29 is 18.0 Å². The van der Waals surface area contributed by atoms with E-state index in [-0.39, 0.29) is 10.9 Å².